The van der Waals surface area contributed by atoms with Crippen molar-refractivity contribution in [1.82, 2.24) is 4.90 Å². The molecule has 2 aromatic carbocycles. The maximum atomic E-state index is 12.0. The van der Waals surface area contributed by atoms with Crippen LogP contribution < -0.4 is 4.74 Å². The second-order valence-electron chi connectivity index (χ2n) is 6.68. The molecule has 0 aromatic heterocycles. The lowest BCUT2D eigenvalue weighted by atomic mass is 9.72. The van der Waals surface area contributed by atoms with Gasteiger partial charge < -0.3 is 14.4 Å². The van der Waals surface area contributed by atoms with Gasteiger partial charge in [-0.3, -0.25) is 4.79 Å². The van der Waals surface area contributed by atoms with Crippen molar-refractivity contribution in [2.75, 3.05) is 20.1 Å². The van der Waals surface area contributed by atoms with Crippen LogP contribution in [0.4, 0.5) is 0 Å². The minimum absolute atomic E-state index is 0.0417. The number of likely N-dealkylation sites (N-methyl/N-ethyl adjacent to an activating group) is 1. The minimum atomic E-state index is -0.679. The van der Waals surface area contributed by atoms with Crippen molar-refractivity contribution in [3.8, 4) is 11.5 Å². The molecule has 2 aliphatic heterocycles. The Hall–Kier alpha value is -2.33. The van der Waals surface area contributed by atoms with E-state index in [0.717, 1.165) is 42.1 Å². The zero-order chi connectivity index (χ0) is 16.7. The highest BCUT2D eigenvalue weighted by atomic mass is 16.6. The van der Waals surface area contributed by atoms with Gasteiger partial charge in [0.25, 0.3) is 0 Å². The Labute approximate surface area is 142 Å². The lowest BCUT2D eigenvalue weighted by Gasteiger charge is -2.45. The number of para-hydroxylation sites is 2. The highest BCUT2D eigenvalue weighted by molar-refractivity contribution is 5.68. The molecule has 2 heterocycles. The van der Waals surface area contributed by atoms with Crippen LogP contribution in [-0.4, -0.2) is 31.0 Å². The standard InChI is InChI=1S/C20H21NO3/c1-14(22)24-20-11-12-21(2)13-17(20)15-7-3-5-9-18(15)23-19-10-6-4-8-16(19)20/h3-10,17H,11-13H2,1-2H3/t17-,20-/m1/s1. The smallest absolute Gasteiger partial charge is 0.303 e. The van der Waals surface area contributed by atoms with E-state index in [1.165, 1.54) is 6.92 Å². The molecule has 1 fully saturated rings. The van der Waals surface area contributed by atoms with Crippen LogP contribution in [0.5, 0.6) is 11.5 Å². The molecule has 0 radical (unpaired) electrons. The first-order valence-electron chi connectivity index (χ1n) is 8.34. The number of hydrogen-bond acceptors (Lipinski definition) is 4. The van der Waals surface area contributed by atoms with Crippen LogP contribution in [0.25, 0.3) is 0 Å². The van der Waals surface area contributed by atoms with E-state index in [9.17, 15) is 4.79 Å². The number of esters is 1. The van der Waals surface area contributed by atoms with Crippen molar-refractivity contribution in [1.29, 1.82) is 0 Å². The highest BCUT2D eigenvalue weighted by Crippen LogP contribution is 2.54. The first-order valence-corrected chi connectivity index (χ1v) is 8.34. The Kier molecular flexibility index (Phi) is 3.57. The van der Waals surface area contributed by atoms with Gasteiger partial charge in [0.05, 0.1) is 0 Å². The summed E-state index contributed by atoms with van der Waals surface area (Å²) >= 11 is 0. The van der Waals surface area contributed by atoms with Gasteiger partial charge in [-0.05, 0) is 19.2 Å². The van der Waals surface area contributed by atoms with Crippen LogP contribution in [0.15, 0.2) is 48.5 Å². The van der Waals surface area contributed by atoms with Crippen LogP contribution >= 0.6 is 0 Å². The second-order valence-corrected chi connectivity index (χ2v) is 6.68. The van der Waals surface area contributed by atoms with Crippen LogP contribution in [0.1, 0.15) is 30.4 Å². The second kappa shape index (κ2) is 5.64. The lowest BCUT2D eigenvalue weighted by molar-refractivity contribution is -0.167. The molecule has 0 spiro atoms. The number of piperidine rings is 1. The summed E-state index contributed by atoms with van der Waals surface area (Å²) in [6, 6.07) is 16.0. The molecule has 0 saturated carbocycles. The number of carbonyl (C=O) groups excluding carboxylic acids is 1. The van der Waals surface area contributed by atoms with Crippen LogP contribution in [0.3, 0.4) is 0 Å². The van der Waals surface area contributed by atoms with Crippen LogP contribution in [-0.2, 0) is 15.1 Å². The van der Waals surface area contributed by atoms with Crippen molar-refractivity contribution < 1.29 is 14.3 Å². The highest BCUT2D eigenvalue weighted by Gasteiger charge is 2.51. The number of carbonyl (C=O) groups is 1. The largest absolute Gasteiger partial charge is 0.457 e. The Bertz CT molecular complexity index is 788. The van der Waals surface area contributed by atoms with E-state index in [4.69, 9.17) is 9.47 Å². The molecular formula is C20H21NO3. The van der Waals surface area contributed by atoms with Gasteiger partial charge in [0.15, 0.2) is 0 Å². The van der Waals surface area contributed by atoms with Gasteiger partial charge in [-0.15, -0.1) is 0 Å². The Morgan fingerprint density at radius 1 is 1.17 bits per heavy atom. The summed E-state index contributed by atoms with van der Waals surface area (Å²) in [5.41, 5.74) is 1.39. The molecule has 0 bridgehead atoms. The van der Waals surface area contributed by atoms with Gasteiger partial charge in [0.2, 0.25) is 0 Å². The molecule has 4 heteroatoms. The monoisotopic (exact) mass is 323 g/mol. The van der Waals surface area contributed by atoms with Gasteiger partial charge in [0, 0.05) is 43.5 Å². The predicted molar refractivity (Wildman–Crippen MR) is 91.3 cm³/mol. The Morgan fingerprint density at radius 3 is 2.67 bits per heavy atom. The number of nitrogens with zero attached hydrogens (tertiary/aromatic N) is 1. The van der Waals surface area contributed by atoms with E-state index in [1.54, 1.807) is 0 Å². The molecular weight excluding hydrogens is 302 g/mol. The number of ether oxygens (including phenoxy) is 2. The molecule has 4 rings (SSSR count). The van der Waals surface area contributed by atoms with E-state index in [-0.39, 0.29) is 11.9 Å². The first kappa shape index (κ1) is 15.2. The molecule has 124 valence electrons. The van der Waals surface area contributed by atoms with E-state index in [0.29, 0.717) is 0 Å². The molecule has 0 amide bonds. The Morgan fingerprint density at radius 2 is 1.88 bits per heavy atom. The van der Waals surface area contributed by atoms with E-state index in [1.807, 2.05) is 42.5 Å². The van der Waals surface area contributed by atoms with Gasteiger partial charge in [-0.1, -0.05) is 36.4 Å². The predicted octanol–water partition coefficient (Wildman–Crippen LogP) is 3.67. The van der Waals surface area contributed by atoms with Crippen molar-refractivity contribution in [2.45, 2.75) is 24.9 Å². The summed E-state index contributed by atoms with van der Waals surface area (Å²) in [7, 11) is 2.11. The average Bonchev–Trinajstić information content (AvgIpc) is 2.68. The number of hydrogen-bond donors (Lipinski definition) is 0. The summed E-state index contributed by atoms with van der Waals surface area (Å²) in [4.78, 5) is 14.3. The van der Waals surface area contributed by atoms with E-state index in [2.05, 4.69) is 18.0 Å². The van der Waals surface area contributed by atoms with Crippen molar-refractivity contribution >= 4 is 5.97 Å². The van der Waals surface area contributed by atoms with Gasteiger partial charge in [0.1, 0.15) is 17.1 Å². The van der Waals surface area contributed by atoms with Crippen LogP contribution in [0, 0.1) is 0 Å². The maximum absolute atomic E-state index is 12.0. The van der Waals surface area contributed by atoms with Crippen molar-refractivity contribution in [2.24, 2.45) is 0 Å². The quantitative estimate of drug-likeness (QED) is 0.751. The van der Waals surface area contributed by atoms with Crippen molar-refractivity contribution in [3.63, 3.8) is 0 Å². The first-order chi connectivity index (χ1) is 11.6. The molecule has 2 aliphatic rings. The van der Waals surface area contributed by atoms with Gasteiger partial charge in [-0.25, -0.2) is 0 Å². The lowest BCUT2D eigenvalue weighted by Crippen LogP contribution is -2.49. The molecule has 2 aromatic rings. The summed E-state index contributed by atoms with van der Waals surface area (Å²) in [5.74, 6) is 1.41. The van der Waals surface area contributed by atoms with E-state index >= 15 is 0 Å². The summed E-state index contributed by atoms with van der Waals surface area (Å²) < 4.78 is 12.3. The summed E-state index contributed by atoms with van der Waals surface area (Å²) in [6.45, 7) is 3.19. The summed E-state index contributed by atoms with van der Waals surface area (Å²) in [6.07, 6.45) is 0.752. The molecule has 4 nitrogen and oxygen atoms in total. The third-order valence-electron chi connectivity index (χ3n) is 5.11. The fraction of sp³-hybridized carbons (Fsp3) is 0.350. The fourth-order valence-electron chi connectivity index (χ4n) is 4.07. The number of fused-ring (bicyclic) bond motifs is 5. The molecule has 24 heavy (non-hydrogen) atoms. The maximum Gasteiger partial charge on any atom is 0.303 e. The molecule has 1 saturated heterocycles. The molecule has 0 aliphatic carbocycles. The van der Waals surface area contributed by atoms with Crippen LogP contribution in [0.2, 0.25) is 0 Å². The van der Waals surface area contributed by atoms with E-state index < -0.39 is 5.60 Å². The zero-order valence-electron chi connectivity index (χ0n) is 14.0. The van der Waals surface area contributed by atoms with Gasteiger partial charge >= 0.3 is 5.97 Å². The minimum Gasteiger partial charge on any atom is -0.457 e. The molecule has 2 atom stereocenters. The molecule has 0 N–H and O–H groups in total. The third-order valence-corrected chi connectivity index (χ3v) is 5.11. The number of rotatable bonds is 1. The summed E-state index contributed by atoms with van der Waals surface area (Å²) in [5, 5.41) is 0. The number of benzene rings is 2. The number of likely N-dealkylation sites (tertiary alicyclic amines) is 1. The van der Waals surface area contributed by atoms with Gasteiger partial charge in [-0.2, -0.15) is 0 Å². The zero-order valence-corrected chi connectivity index (χ0v) is 14.0. The average molecular weight is 323 g/mol. The topological polar surface area (TPSA) is 38.8 Å². The van der Waals surface area contributed by atoms with Crippen molar-refractivity contribution in [3.05, 3.63) is 59.7 Å². The normalized spacial score (nSPS) is 25.5. The Balaban J connectivity index is 1.99. The third kappa shape index (κ3) is 2.29. The SMILES string of the molecule is CC(=O)O[C@@]12CCN(C)C[C@@H]1c1ccccc1Oc1ccccc12. The fourth-order valence-corrected chi connectivity index (χ4v) is 4.07. The molecule has 0 unspecified atom stereocenters.